The van der Waals surface area contributed by atoms with Gasteiger partial charge in [0.25, 0.3) is 0 Å². The van der Waals surface area contributed by atoms with Crippen molar-refractivity contribution >= 4 is 15.9 Å². The monoisotopic (exact) mass is 343 g/mol. The van der Waals surface area contributed by atoms with E-state index in [0.717, 1.165) is 41.6 Å². The first-order valence-corrected chi connectivity index (χ1v) is 8.18. The maximum Gasteiger partial charge on any atom is 0.124 e. The second-order valence-corrected chi connectivity index (χ2v) is 6.87. The molecule has 0 saturated heterocycles. The molecule has 0 aromatic heterocycles. The highest BCUT2D eigenvalue weighted by atomic mass is 79.9. The third kappa shape index (κ3) is 4.54. The zero-order valence-corrected chi connectivity index (χ0v) is 13.5. The van der Waals surface area contributed by atoms with Crippen LogP contribution in [0.1, 0.15) is 44.6 Å². The Kier molecular flexibility index (Phi) is 5.58. The molecule has 2 nitrogen and oxygen atoms in total. The average Bonchev–Trinajstić information content (AvgIpc) is 2.38. The Balaban J connectivity index is 1.80. The van der Waals surface area contributed by atoms with Gasteiger partial charge in [-0.3, -0.25) is 0 Å². The molecule has 20 heavy (non-hydrogen) atoms. The van der Waals surface area contributed by atoms with Gasteiger partial charge in [-0.2, -0.15) is 0 Å². The molecule has 0 bridgehead atoms. The molecule has 0 unspecified atom stereocenters. The lowest BCUT2D eigenvalue weighted by Crippen LogP contribution is -2.43. The molecule has 2 N–H and O–H groups in total. The molecule has 1 aromatic rings. The van der Waals surface area contributed by atoms with Crippen molar-refractivity contribution in [1.29, 1.82) is 0 Å². The van der Waals surface area contributed by atoms with Crippen LogP contribution in [0.3, 0.4) is 0 Å². The predicted molar refractivity (Wildman–Crippen MR) is 83.0 cm³/mol. The van der Waals surface area contributed by atoms with Crippen LogP contribution in [0.15, 0.2) is 22.7 Å². The Bertz CT molecular complexity index is 424. The van der Waals surface area contributed by atoms with Crippen molar-refractivity contribution in [3.63, 3.8) is 0 Å². The van der Waals surface area contributed by atoms with Crippen LogP contribution in [0.25, 0.3) is 0 Å². The number of hydrogen-bond acceptors (Lipinski definition) is 2. The number of aliphatic hydroxyl groups is 1. The minimum Gasteiger partial charge on any atom is -0.389 e. The zero-order valence-electron chi connectivity index (χ0n) is 12.0. The number of rotatable bonds is 5. The summed E-state index contributed by atoms with van der Waals surface area (Å²) in [6.07, 6.45) is 5.16. The fraction of sp³-hybridized carbons (Fsp3) is 0.625. The van der Waals surface area contributed by atoms with Gasteiger partial charge in [0.2, 0.25) is 0 Å². The van der Waals surface area contributed by atoms with Gasteiger partial charge in [-0.25, -0.2) is 4.39 Å². The van der Waals surface area contributed by atoms with Gasteiger partial charge < -0.3 is 10.4 Å². The van der Waals surface area contributed by atoms with Crippen LogP contribution in [0.2, 0.25) is 0 Å². The second kappa shape index (κ2) is 7.01. The van der Waals surface area contributed by atoms with Crippen LogP contribution in [-0.2, 0) is 6.54 Å². The van der Waals surface area contributed by atoms with Crippen molar-refractivity contribution in [3.8, 4) is 0 Å². The van der Waals surface area contributed by atoms with Crippen molar-refractivity contribution in [2.24, 2.45) is 5.92 Å². The standard InChI is InChI=1S/C16H23BrFNO/c1-2-12-3-5-16(20,6-4-12)11-19-10-13-7-14(17)9-15(18)8-13/h7-9,12,19-20H,2-6,10-11H2,1H3. The van der Waals surface area contributed by atoms with E-state index >= 15 is 0 Å². The summed E-state index contributed by atoms with van der Waals surface area (Å²) in [6.45, 7) is 3.38. The van der Waals surface area contributed by atoms with E-state index in [9.17, 15) is 9.50 Å². The first kappa shape index (κ1) is 15.9. The quantitative estimate of drug-likeness (QED) is 0.846. The van der Waals surface area contributed by atoms with E-state index < -0.39 is 5.60 Å². The van der Waals surface area contributed by atoms with Gasteiger partial charge in [0, 0.05) is 17.6 Å². The van der Waals surface area contributed by atoms with Gasteiger partial charge in [-0.1, -0.05) is 29.3 Å². The Morgan fingerprint density at radius 2 is 2.05 bits per heavy atom. The van der Waals surface area contributed by atoms with Crippen molar-refractivity contribution in [2.45, 2.75) is 51.2 Å². The smallest absolute Gasteiger partial charge is 0.124 e. The van der Waals surface area contributed by atoms with E-state index in [4.69, 9.17) is 0 Å². The van der Waals surface area contributed by atoms with Crippen molar-refractivity contribution in [2.75, 3.05) is 6.54 Å². The molecule has 112 valence electrons. The predicted octanol–water partition coefficient (Wildman–Crippen LogP) is 4.01. The Hall–Kier alpha value is -0.450. The highest BCUT2D eigenvalue weighted by molar-refractivity contribution is 9.10. The molecule has 0 aliphatic heterocycles. The lowest BCUT2D eigenvalue weighted by atomic mass is 9.78. The molecule has 2 rings (SSSR count). The summed E-state index contributed by atoms with van der Waals surface area (Å²) >= 11 is 3.29. The molecule has 0 spiro atoms. The number of nitrogens with one attached hydrogen (secondary N) is 1. The third-order valence-corrected chi connectivity index (χ3v) is 4.78. The van der Waals surface area contributed by atoms with Crippen molar-refractivity contribution in [3.05, 3.63) is 34.1 Å². The van der Waals surface area contributed by atoms with Gasteiger partial charge in [-0.05, 0) is 55.4 Å². The molecule has 1 fully saturated rings. The van der Waals surface area contributed by atoms with E-state index in [1.54, 1.807) is 0 Å². The summed E-state index contributed by atoms with van der Waals surface area (Å²) in [5.74, 6) is 0.535. The van der Waals surface area contributed by atoms with Crippen LogP contribution in [0, 0.1) is 11.7 Å². The molecule has 0 radical (unpaired) electrons. The molecule has 1 aliphatic carbocycles. The Morgan fingerprint density at radius 3 is 2.65 bits per heavy atom. The normalized spacial score (nSPS) is 26.7. The van der Waals surface area contributed by atoms with Crippen LogP contribution in [-0.4, -0.2) is 17.3 Å². The molecule has 1 aliphatic rings. The van der Waals surface area contributed by atoms with Gasteiger partial charge in [-0.15, -0.1) is 0 Å². The minimum absolute atomic E-state index is 0.238. The van der Waals surface area contributed by atoms with Crippen LogP contribution in [0.4, 0.5) is 4.39 Å². The van der Waals surface area contributed by atoms with Gasteiger partial charge in [0.1, 0.15) is 5.82 Å². The van der Waals surface area contributed by atoms with Crippen molar-refractivity contribution in [1.82, 2.24) is 5.32 Å². The molecule has 0 amide bonds. The number of benzene rings is 1. The summed E-state index contributed by atoms with van der Waals surface area (Å²) in [6, 6.07) is 4.87. The van der Waals surface area contributed by atoms with Gasteiger partial charge in [0.05, 0.1) is 5.60 Å². The van der Waals surface area contributed by atoms with Crippen LogP contribution in [0.5, 0.6) is 0 Å². The van der Waals surface area contributed by atoms with E-state index in [1.165, 1.54) is 18.6 Å². The van der Waals surface area contributed by atoms with Gasteiger partial charge in [0.15, 0.2) is 0 Å². The summed E-state index contributed by atoms with van der Waals surface area (Å²) in [5, 5.41) is 13.8. The summed E-state index contributed by atoms with van der Waals surface area (Å²) in [4.78, 5) is 0. The van der Waals surface area contributed by atoms with Crippen LogP contribution >= 0.6 is 15.9 Å². The molecular formula is C16H23BrFNO. The fourth-order valence-corrected chi connectivity index (χ4v) is 3.47. The maximum atomic E-state index is 13.3. The molecule has 1 saturated carbocycles. The molecule has 0 heterocycles. The highest BCUT2D eigenvalue weighted by Gasteiger charge is 2.31. The Morgan fingerprint density at radius 1 is 1.35 bits per heavy atom. The zero-order chi connectivity index (χ0) is 14.6. The first-order valence-electron chi connectivity index (χ1n) is 7.39. The lowest BCUT2D eigenvalue weighted by molar-refractivity contribution is -0.00881. The second-order valence-electron chi connectivity index (χ2n) is 5.96. The number of hydrogen-bond donors (Lipinski definition) is 2. The fourth-order valence-electron chi connectivity index (χ4n) is 2.95. The Labute approximate surface area is 128 Å². The first-order chi connectivity index (χ1) is 9.50. The molecule has 1 aromatic carbocycles. The molecule has 0 atom stereocenters. The summed E-state index contributed by atoms with van der Waals surface area (Å²) in [7, 11) is 0. The minimum atomic E-state index is -0.587. The highest BCUT2D eigenvalue weighted by Crippen LogP contribution is 2.33. The summed E-state index contributed by atoms with van der Waals surface area (Å²) in [5.41, 5.74) is 0.304. The lowest BCUT2D eigenvalue weighted by Gasteiger charge is -2.36. The average molecular weight is 344 g/mol. The van der Waals surface area contributed by atoms with Crippen molar-refractivity contribution < 1.29 is 9.50 Å². The van der Waals surface area contributed by atoms with Crippen LogP contribution < -0.4 is 5.32 Å². The third-order valence-electron chi connectivity index (χ3n) is 4.32. The van der Waals surface area contributed by atoms with E-state index in [2.05, 4.69) is 28.2 Å². The van der Waals surface area contributed by atoms with Gasteiger partial charge >= 0.3 is 0 Å². The maximum absolute atomic E-state index is 13.3. The van der Waals surface area contributed by atoms with E-state index in [0.29, 0.717) is 13.1 Å². The molecule has 4 heteroatoms. The SMILES string of the molecule is CCC1CCC(O)(CNCc2cc(F)cc(Br)c2)CC1. The topological polar surface area (TPSA) is 32.3 Å². The summed E-state index contributed by atoms with van der Waals surface area (Å²) < 4.78 is 14.0. The number of halogens is 2. The molecular weight excluding hydrogens is 321 g/mol. The van der Waals surface area contributed by atoms with E-state index in [-0.39, 0.29) is 5.82 Å². The van der Waals surface area contributed by atoms with E-state index in [1.807, 2.05) is 6.07 Å². The largest absolute Gasteiger partial charge is 0.389 e.